The first-order valence-electron chi connectivity index (χ1n) is 7.19. The van der Waals surface area contributed by atoms with Gasteiger partial charge in [0.1, 0.15) is 5.69 Å². The first-order valence-corrected chi connectivity index (χ1v) is 7.19. The molecule has 110 valence electrons. The van der Waals surface area contributed by atoms with Crippen LogP contribution in [0.5, 0.6) is 0 Å². The number of rotatable bonds is 6. The lowest BCUT2D eigenvalue weighted by Crippen LogP contribution is -2.28. The molecule has 1 aromatic rings. The van der Waals surface area contributed by atoms with E-state index in [1.807, 2.05) is 6.07 Å². The van der Waals surface area contributed by atoms with Crippen LogP contribution in [0.3, 0.4) is 0 Å². The molecule has 1 aliphatic heterocycles. The van der Waals surface area contributed by atoms with Gasteiger partial charge in [0.2, 0.25) is 0 Å². The predicted octanol–water partition coefficient (Wildman–Crippen LogP) is 2.01. The highest BCUT2D eigenvalue weighted by molar-refractivity contribution is 5.88. The van der Waals surface area contributed by atoms with E-state index in [1.54, 1.807) is 12.3 Å². The highest BCUT2D eigenvalue weighted by Crippen LogP contribution is 2.13. The van der Waals surface area contributed by atoms with Crippen molar-refractivity contribution in [3.05, 3.63) is 24.0 Å². The van der Waals surface area contributed by atoms with Crippen LogP contribution in [0, 0.1) is 5.92 Å². The van der Waals surface area contributed by atoms with Crippen LogP contribution in [0.4, 0.5) is 5.69 Å². The molecular formula is C15H23N3O2. The fraction of sp³-hybridized carbons (Fsp3) is 0.600. The lowest BCUT2D eigenvalue weighted by molar-refractivity contribution is 0.0594. The highest BCUT2D eigenvalue weighted by atomic mass is 16.5. The molecule has 0 spiro atoms. The summed E-state index contributed by atoms with van der Waals surface area (Å²) in [7, 11) is 1.36. The van der Waals surface area contributed by atoms with Crippen LogP contribution in [0.15, 0.2) is 18.3 Å². The molecule has 5 nitrogen and oxygen atoms in total. The van der Waals surface area contributed by atoms with Crippen LogP contribution in [-0.4, -0.2) is 49.1 Å². The second-order valence-corrected chi connectivity index (χ2v) is 5.42. The molecule has 0 amide bonds. The number of anilines is 1. The number of carbonyl (C=O) groups excluding carboxylic acids is 1. The van der Waals surface area contributed by atoms with Crippen molar-refractivity contribution in [3.63, 3.8) is 0 Å². The van der Waals surface area contributed by atoms with Crippen LogP contribution in [-0.2, 0) is 4.74 Å². The Morgan fingerprint density at radius 3 is 2.95 bits per heavy atom. The van der Waals surface area contributed by atoms with E-state index in [4.69, 9.17) is 0 Å². The van der Waals surface area contributed by atoms with Gasteiger partial charge in [0, 0.05) is 25.0 Å². The third kappa shape index (κ3) is 4.20. The van der Waals surface area contributed by atoms with Gasteiger partial charge in [-0.15, -0.1) is 0 Å². The summed E-state index contributed by atoms with van der Waals surface area (Å²) in [5, 5.41) is 3.36. The number of esters is 1. The molecular weight excluding hydrogens is 254 g/mol. The molecule has 1 N–H and O–H groups in total. The van der Waals surface area contributed by atoms with Gasteiger partial charge in [0.15, 0.2) is 0 Å². The minimum Gasteiger partial charge on any atom is -0.464 e. The molecule has 2 rings (SSSR count). The van der Waals surface area contributed by atoms with Gasteiger partial charge in [-0.05, 0) is 44.0 Å². The van der Waals surface area contributed by atoms with Gasteiger partial charge in [0.25, 0.3) is 0 Å². The monoisotopic (exact) mass is 277 g/mol. The van der Waals surface area contributed by atoms with Crippen molar-refractivity contribution in [2.45, 2.75) is 19.8 Å². The molecule has 0 saturated carbocycles. The Hall–Kier alpha value is -1.62. The normalized spacial score (nSPS) is 16.9. The standard InChI is InChI=1S/C15H23N3O2/c1-12(11-18-7-3-4-8-18)10-17-13-5-6-16-14(9-13)15(19)20-2/h5-6,9,12H,3-4,7-8,10-11H2,1-2H3,(H,16,17). The van der Waals surface area contributed by atoms with Crippen molar-refractivity contribution in [1.82, 2.24) is 9.88 Å². The average Bonchev–Trinajstić information content (AvgIpc) is 2.97. The molecule has 1 atom stereocenters. The summed E-state index contributed by atoms with van der Waals surface area (Å²) in [5.74, 6) is 0.168. The van der Waals surface area contributed by atoms with Gasteiger partial charge >= 0.3 is 5.97 Å². The van der Waals surface area contributed by atoms with E-state index in [2.05, 4.69) is 26.9 Å². The van der Waals surface area contributed by atoms with Gasteiger partial charge in [-0.25, -0.2) is 9.78 Å². The topological polar surface area (TPSA) is 54.5 Å². The maximum absolute atomic E-state index is 11.4. The van der Waals surface area contributed by atoms with E-state index in [-0.39, 0.29) is 0 Å². The summed E-state index contributed by atoms with van der Waals surface area (Å²) in [4.78, 5) is 17.9. The van der Waals surface area contributed by atoms with E-state index in [1.165, 1.54) is 33.0 Å². The fourth-order valence-electron chi connectivity index (χ4n) is 2.52. The Morgan fingerprint density at radius 1 is 1.50 bits per heavy atom. The van der Waals surface area contributed by atoms with Crippen molar-refractivity contribution in [2.75, 3.05) is 38.6 Å². The van der Waals surface area contributed by atoms with Gasteiger partial charge in [-0.1, -0.05) is 6.92 Å². The molecule has 0 bridgehead atoms. The molecule has 0 aromatic carbocycles. The zero-order valence-electron chi connectivity index (χ0n) is 12.3. The average molecular weight is 277 g/mol. The molecule has 0 radical (unpaired) electrons. The Morgan fingerprint density at radius 2 is 2.25 bits per heavy atom. The summed E-state index contributed by atoms with van der Waals surface area (Å²) in [6, 6.07) is 3.60. The summed E-state index contributed by atoms with van der Waals surface area (Å²) in [6.45, 7) is 6.72. The van der Waals surface area contributed by atoms with Crippen LogP contribution in [0.2, 0.25) is 0 Å². The number of hydrogen-bond donors (Lipinski definition) is 1. The maximum Gasteiger partial charge on any atom is 0.356 e. The van der Waals surface area contributed by atoms with Crippen LogP contribution < -0.4 is 5.32 Å². The van der Waals surface area contributed by atoms with Crippen molar-refractivity contribution < 1.29 is 9.53 Å². The number of carbonyl (C=O) groups is 1. The van der Waals surface area contributed by atoms with E-state index in [0.29, 0.717) is 11.6 Å². The number of nitrogens with one attached hydrogen (secondary N) is 1. The lowest BCUT2D eigenvalue weighted by atomic mass is 10.1. The minimum absolute atomic E-state index is 0.338. The van der Waals surface area contributed by atoms with Crippen molar-refractivity contribution in [1.29, 1.82) is 0 Å². The quantitative estimate of drug-likeness (QED) is 0.806. The second kappa shape index (κ2) is 7.24. The van der Waals surface area contributed by atoms with Crippen molar-refractivity contribution in [2.24, 2.45) is 5.92 Å². The molecule has 1 aliphatic rings. The van der Waals surface area contributed by atoms with E-state index < -0.39 is 5.97 Å². The van der Waals surface area contributed by atoms with Gasteiger partial charge in [0.05, 0.1) is 7.11 Å². The molecule has 1 unspecified atom stereocenters. The number of aromatic nitrogens is 1. The predicted molar refractivity (Wildman–Crippen MR) is 78.9 cm³/mol. The summed E-state index contributed by atoms with van der Waals surface area (Å²) in [6.07, 6.45) is 4.28. The van der Waals surface area contributed by atoms with Gasteiger partial charge in [-0.2, -0.15) is 0 Å². The second-order valence-electron chi connectivity index (χ2n) is 5.42. The van der Waals surface area contributed by atoms with E-state index in [0.717, 1.165) is 18.8 Å². The number of hydrogen-bond acceptors (Lipinski definition) is 5. The number of pyridine rings is 1. The first kappa shape index (κ1) is 14.8. The van der Waals surface area contributed by atoms with Crippen LogP contribution in [0.25, 0.3) is 0 Å². The summed E-state index contributed by atoms with van der Waals surface area (Å²) in [5.41, 5.74) is 1.25. The zero-order chi connectivity index (χ0) is 14.4. The van der Waals surface area contributed by atoms with Crippen molar-refractivity contribution in [3.8, 4) is 0 Å². The SMILES string of the molecule is COC(=O)c1cc(NCC(C)CN2CCCC2)ccn1. The molecule has 20 heavy (non-hydrogen) atoms. The molecule has 1 saturated heterocycles. The molecule has 0 aliphatic carbocycles. The number of likely N-dealkylation sites (tertiary alicyclic amines) is 1. The highest BCUT2D eigenvalue weighted by Gasteiger charge is 2.14. The molecule has 5 heteroatoms. The van der Waals surface area contributed by atoms with Gasteiger partial charge in [-0.3, -0.25) is 0 Å². The Labute approximate surface area is 120 Å². The third-order valence-electron chi connectivity index (χ3n) is 3.58. The smallest absolute Gasteiger partial charge is 0.356 e. The molecule has 1 aromatic heterocycles. The van der Waals surface area contributed by atoms with Crippen LogP contribution in [0.1, 0.15) is 30.3 Å². The first-order chi connectivity index (χ1) is 9.69. The fourth-order valence-corrected chi connectivity index (χ4v) is 2.52. The third-order valence-corrected chi connectivity index (χ3v) is 3.58. The van der Waals surface area contributed by atoms with Crippen molar-refractivity contribution >= 4 is 11.7 Å². The van der Waals surface area contributed by atoms with Crippen LogP contribution >= 0.6 is 0 Å². The Balaban J connectivity index is 1.82. The number of methoxy groups -OCH3 is 1. The van der Waals surface area contributed by atoms with E-state index in [9.17, 15) is 4.79 Å². The molecule has 2 heterocycles. The largest absolute Gasteiger partial charge is 0.464 e. The Kier molecular flexibility index (Phi) is 5.35. The lowest BCUT2D eigenvalue weighted by Gasteiger charge is -2.20. The summed E-state index contributed by atoms with van der Waals surface area (Å²) >= 11 is 0. The number of ether oxygens (including phenoxy) is 1. The maximum atomic E-state index is 11.4. The molecule has 1 fully saturated rings. The zero-order valence-corrected chi connectivity index (χ0v) is 12.3. The number of nitrogens with zero attached hydrogens (tertiary/aromatic N) is 2. The van der Waals surface area contributed by atoms with Gasteiger partial charge < -0.3 is 15.0 Å². The minimum atomic E-state index is -0.404. The van der Waals surface area contributed by atoms with E-state index >= 15 is 0 Å². The summed E-state index contributed by atoms with van der Waals surface area (Å²) < 4.78 is 4.67. The Bertz CT molecular complexity index is 444.